The van der Waals surface area contributed by atoms with E-state index in [-0.39, 0.29) is 23.9 Å². The number of nitrogens with one attached hydrogen (secondary N) is 3. The van der Waals surface area contributed by atoms with Crippen molar-refractivity contribution in [2.75, 3.05) is 35.7 Å². The number of hydrogen-bond acceptors (Lipinski definition) is 5. The Morgan fingerprint density at radius 3 is 2.74 bits per heavy atom. The Morgan fingerprint density at radius 1 is 1.17 bits per heavy atom. The lowest BCUT2D eigenvalue weighted by atomic mass is 9.88. The molecule has 3 aromatic rings. The predicted octanol–water partition coefficient (Wildman–Crippen LogP) is 4.42. The summed E-state index contributed by atoms with van der Waals surface area (Å²) in [6, 6.07) is 16.4. The van der Waals surface area contributed by atoms with Crippen LogP contribution in [0.3, 0.4) is 0 Å². The van der Waals surface area contributed by atoms with E-state index in [1.807, 2.05) is 30.3 Å². The fourth-order valence-electron chi connectivity index (χ4n) is 4.74. The molecule has 3 heterocycles. The first kappa shape index (κ1) is 23.0. The minimum absolute atomic E-state index is 0.0104. The van der Waals surface area contributed by atoms with E-state index < -0.39 is 0 Å². The van der Waals surface area contributed by atoms with Crippen molar-refractivity contribution in [1.29, 1.82) is 0 Å². The first-order valence-electron chi connectivity index (χ1n) is 11.5. The highest BCUT2D eigenvalue weighted by Crippen LogP contribution is 2.38. The van der Waals surface area contributed by atoms with Crippen LogP contribution in [0.4, 0.5) is 21.9 Å². The van der Waals surface area contributed by atoms with Gasteiger partial charge in [0.15, 0.2) is 0 Å². The highest BCUT2D eigenvalue weighted by atomic mass is 35.5. The largest absolute Gasteiger partial charge is 0.495 e. The van der Waals surface area contributed by atoms with Crippen LogP contribution in [0.15, 0.2) is 60.8 Å². The third kappa shape index (κ3) is 5.02. The summed E-state index contributed by atoms with van der Waals surface area (Å²) < 4.78 is 5.27. The average molecular weight is 492 g/mol. The monoisotopic (exact) mass is 491 g/mol. The molecule has 0 aliphatic carbocycles. The highest BCUT2D eigenvalue weighted by molar-refractivity contribution is 6.30. The predicted molar refractivity (Wildman–Crippen MR) is 137 cm³/mol. The summed E-state index contributed by atoms with van der Waals surface area (Å²) in [5.74, 6) is 0.616. The van der Waals surface area contributed by atoms with Crippen molar-refractivity contribution in [2.45, 2.75) is 24.8 Å². The van der Waals surface area contributed by atoms with Crippen LogP contribution in [0.1, 0.15) is 23.6 Å². The van der Waals surface area contributed by atoms with Gasteiger partial charge in [0, 0.05) is 41.5 Å². The van der Waals surface area contributed by atoms with E-state index in [9.17, 15) is 9.59 Å². The van der Waals surface area contributed by atoms with Gasteiger partial charge in [-0.25, -0.2) is 4.79 Å². The number of pyridine rings is 1. The maximum Gasteiger partial charge on any atom is 0.319 e. The van der Waals surface area contributed by atoms with Crippen LogP contribution in [-0.2, 0) is 11.2 Å². The molecule has 3 amide bonds. The molecular weight excluding hydrogens is 466 g/mol. The first-order chi connectivity index (χ1) is 17.0. The summed E-state index contributed by atoms with van der Waals surface area (Å²) in [5.41, 5.74) is 4.42. The standard InChI is InChI=1S/C26H26ClN5O3/c1-35-19-9-10-21(28-14-19)20-15-32(23-4-2-3-16-13-24(33)31-25(16)23)12-11-22(20)30-26(34)29-18-7-5-17(27)6-8-18/h2-10,14,20,22H,11-13,15H2,1H3,(H,31,33)(H2,29,30,34). The summed E-state index contributed by atoms with van der Waals surface area (Å²) in [7, 11) is 1.61. The molecule has 180 valence electrons. The number of rotatable bonds is 5. The molecule has 2 atom stereocenters. The summed E-state index contributed by atoms with van der Waals surface area (Å²) >= 11 is 5.95. The summed E-state index contributed by atoms with van der Waals surface area (Å²) in [6.07, 6.45) is 2.80. The Kier molecular flexibility index (Phi) is 6.46. The Bertz CT molecular complexity index is 1230. The van der Waals surface area contributed by atoms with Gasteiger partial charge in [-0.2, -0.15) is 0 Å². The number of methoxy groups -OCH3 is 1. The van der Waals surface area contributed by atoms with Crippen LogP contribution in [0.2, 0.25) is 5.02 Å². The van der Waals surface area contributed by atoms with Crippen molar-refractivity contribution in [3.63, 3.8) is 0 Å². The number of nitrogens with zero attached hydrogens (tertiary/aromatic N) is 2. The Labute approximate surface area is 208 Å². The van der Waals surface area contributed by atoms with Crippen LogP contribution in [0, 0.1) is 0 Å². The van der Waals surface area contributed by atoms with Crippen LogP contribution >= 0.6 is 11.6 Å². The molecule has 0 bridgehead atoms. The molecule has 2 unspecified atom stereocenters. The second-order valence-corrected chi connectivity index (χ2v) is 9.15. The first-order valence-corrected chi connectivity index (χ1v) is 11.9. The number of ether oxygens (including phenoxy) is 1. The second kappa shape index (κ2) is 9.84. The van der Waals surface area contributed by atoms with E-state index in [0.29, 0.717) is 35.8 Å². The molecule has 35 heavy (non-hydrogen) atoms. The lowest BCUT2D eigenvalue weighted by molar-refractivity contribution is -0.115. The summed E-state index contributed by atoms with van der Waals surface area (Å²) in [6.45, 7) is 1.36. The van der Waals surface area contributed by atoms with Crippen molar-refractivity contribution in [2.24, 2.45) is 0 Å². The molecule has 8 nitrogen and oxygen atoms in total. The average Bonchev–Trinajstić information content (AvgIpc) is 3.26. The van der Waals surface area contributed by atoms with Gasteiger partial charge in [-0.15, -0.1) is 0 Å². The van der Waals surface area contributed by atoms with E-state index in [2.05, 4.69) is 25.8 Å². The fourth-order valence-corrected chi connectivity index (χ4v) is 4.87. The maximum absolute atomic E-state index is 12.8. The van der Waals surface area contributed by atoms with Crippen LogP contribution < -0.4 is 25.6 Å². The molecule has 0 saturated carbocycles. The number of hydrogen-bond donors (Lipinski definition) is 3. The van der Waals surface area contributed by atoms with Gasteiger partial charge in [-0.3, -0.25) is 9.78 Å². The fraction of sp³-hybridized carbons (Fsp3) is 0.269. The van der Waals surface area contributed by atoms with Gasteiger partial charge in [-0.05, 0) is 54.4 Å². The quantitative estimate of drug-likeness (QED) is 0.491. The van der Waals surface area contributed by atoms with Gasteiger partial charge < -0.3 is 25.6 Å². The molecular formula is C26H26ClN5O3. The van der Waals surface area contributed by atoms with Gasteiger partial charge in [0.05, 0.1) is 31.1 Å². The Morgan fingerprint density at radius 2 is 2.00 bits per heavy atom. The van der Waals surface area contributed by atoms with Crippen molar-refractivity contribution in [3.8, 4) is 5.75 Å². The summed E-state index contributed by atoms with van der Waals surface area (Å²) in [5, 5.41) is 9.63. The molecule has 9 heteroatoms. The molecule has 3 N–H and O–H groups in total. The molecule has 2 aromatic carbocycles. The number of halogens is 1. The van der Waals surface area contributed by atoms with Crippen LogP contribution in [0.5, 0.6) is 5.75 Å². The number of carbonyl (C=O) groups is 2. The van der Waals surface area contributed by atoms with Gasteiger partial charge in [0.2, 0.25) is 5.91 Å². The molecule has 0 radical (unpaired) electrons. The van der Waals surface area contributed by atoms with E-state index in [1.54, 1.807) is 37.6 Å². The lowest BCUT2D eigenvalue weighted by Gasteiger charge is -2.40. The summed E-state index contributed by atoms with van der Waals surface area (Å²) in [4.78, 5) is 31.7. The molecule has 1 aromatic heterocycles. The second-order valence-electron chi connectivity index (χ2n) is 8.71. The van der Waals surface area contributed by atoms with E-state index >= 15 is 0 Å². The molecule has 2 aliphatic rings. The zero-order chi connectivity index (χ0) is 24.4. The van der Waals surface area contributed by atoms with E-state index in [0.717, 1.165) is 29.2 Å². The lowest BCUT2D eigenvalue weighted by Crippen LogP contribution is -2.51. The Balaban J connectivity index is 1.37. The van der Waals surface area contributed by atoms with Gasteiger partial charge in [0.1, 0.15) is 5.75 Å². The smallest absolute Gasteiger partial charge is 0.319 e. The topological polar surface area (TPSA) is 95.6 Å². The number of piperidine rings is 1. The zero-order valence-corrected chi connectivity index (χ0v) is 20.0. The molecule has 1 fully saturated rings. The van der Waals surface area contributed by atoms with E-state index in [4.69, 9.17) is 16.3 Å². The van der Waals surface area contributed by atoms with Crippen molar-refractivity contribution >= 4 is 40.6 Å². The van der Waals surface area contributed by atoms with Crippen molar-refractivity contribution < 1.29 is 14.3 Å². The van der Waals surface area contributed by atoms with Gasteiger partial charge >= 0.3 is 6.03 Å². The van der Waals surface area contributed by atoms with Gasteiger partial charge in [-0.1, -0.05) is 23.7 Å². The third-order valence-corrected chi connectivity index (χ3v) is 6.74. The van der Waals surface area contributed by atoms with Crippen LogP contribution in [-0.4, -0.2) is 43.2 Å². The number of carbonyl (C=O) groups excluding carboxylic acids is 2. The Hall–Kier alpha value is -3.78. The van der Waals surface area contributed by atoms with Crippen LogP contribution in [0.25, 0.3) is 0 Å². The zero-order valence-electron chi connectivity index (χ0n) is 19.3. The number of amides is 3. The molecule has 1 saturated heterocycles. The minimum Gasteiger partial charge on any atom is -0.495 e. The molecule has 0 spiro atoms. The van der Waals surface area contributed by atoms with Crippen molar-refractivity contribution in [3.05, 3.63) is 77.1 Å². The maximum atomic E-state index is 12.8. The normalized spacial score (nSPS) is 19.0. The minimum atomic E-state index is -0.280. The number of aromatic nitrogens is 1. The molecule has 5 rings (SSSR count). The number of urea groups is 1. The number of anilines is 3. The third-order valence-electron chi connectivity index (χ3n) is 6.49. The number of para-hydroxylation sites is 1. The molecule has 2 aliphatic heterocycles. The number of fused-ring (bicyclic) bond motifs is 1. The SMILES string of the molecule is COc1ccc(C2CN(c3cccc4c3NC(=O)C4)CCC2NC(=O)Nc2ccc(Cl)cc2)nc1. The highest BCUT2D eigenvalue weighted by Gasteiger charge is 2.34. The van der Waals surface area contributed by atoms with E-state index in [1.165, 1.54) is 0 Å². The number of benzene rings is 2. The van der Waals surface area contributed by atoms with Gasteiger partial charge in [0.25, 0.3) is 0 Å². The van der Waals surface area contributed by atoms with Crippen molar-refractivity contribution in [1.82, 2.24) is 10.3 Å².